The molecule has 4 aromatic rings. The van der Waals surface area contributed by atoms with Gasteiger partial charge in [0, 0.05) is 10.0 Å². The lowest BCUT2D eigenvalue weighted by Crippen LogP contribution is -1.98. The number of hydrogen-bond donors (Lipinski definition) is 0. The van der Waals surface area contributed by atoms with Gasteiger partial charge in [0.2, 0.25) is 0 Å². The SMILES string of the molecule is CC(=O)c1cc(Br)ccc1-c1ccccc1-c1ccccc1-c1ccccc1. The first-order valence-electron chi connectivity index (χ1n) is 9.20. The normalized spacial score (nSPS) is 10.6. The minimum absolute atomic E-state index is 0.0578. The summed E-state index contributed by atoms with van der Waals surface area (Å²) in [5.74, 6) is 0.0578. The number of rotatable bonds is 4. The van der Waals surface area contributed by atoms with Crippen LogP contribution in [-0.2, 0) is 0 Å². The number of halogens is 1. The Bertz CT molecular complexity index is 1150. The zero-order valence-electron chi connectivity index (χ0n) is 15.5. The van der Waals surface area contributed by atoms with Crippen molar-refractivity contribution < 1.29 is 4.79 Å². The van der Waals surface area contributed by atoms with Crippen LogP contribution in [-0.4, -0.2) is 5.78 Å². The Kier molecular flexibility index (Phi) is 5.23. The largest absolute Gasteiger partial charge is 0.294 e. The molecular formula is C26H19BrO. The maximum Gasteiger partial charge on any atom is 0.160 e. The van der Waals surface area contributed by atoms with Gasteiger partial charge in [-0.3, -0.25) is 4.79 Å². The van der Waals surface area contributed by atoms with E-state index >= 15 is 0 Å². The van der Waals surface area contributed by atoms with Gasteiger partial charge >= 0.3 is 0 Å². The molecule has 28 heavy (non-hydrogen) atoms. The molecule has 1 nitrogen and oxygen atoms in total. The lowest BCUT2D eigenvalue weighted by atomic mass is 9.87. The topological polar surface area (TPSA) is 17.1 Å². The average Bonchev–Trinajstić information content (AvgIpc) is 2.74. The van der Waals surface area contributed by atoms with E-state index in [2.05, 4.69) is 76.6 Å². The third-order valence-corrected chi connectivity index (χ3v) is 5.37. The van der Waals surface area contributed by atoms with Crippen LogP contribution in [0.25, 0.3) is 33.4 Å². The highest BCUT2D eigenvalue weighted by atomic mass is 79.9. The number of hydrogen-bond acceptors (Lipinski definition) is 1. The number of Topliss-reactive ketones (excluding diaryl/α,β-unsaturated/α-hetero) is 1. The van der Waals surface area contributed by atoms with Crippen molar-refractivity contribution in [2.24, 2.45) is 0 Å². The summed E-state index contributed by atoms with van der Waals surface area (Å²) in [4.78, 5) is 12.3. The van der Waals surface area contributed by atoms with Crippen molar-refractivity contribution in [3.63, 3.8) is 0 Å². The molecule has 0 N–H and O–H groups in total. The van der Waals surface area contributed by atoms with Crippen molar-refractivity contribution in [2.75, 3.05) is 0 Å². The molecule has 4 rings (SSSR count). The van der Waals surface area contributed by atoms with Crippen molar-refractivity contribution in [3.8, 4) is 33.4 Å². The second kappa shape index (κ2) is 7.95. The zero-order valence-corrected chi connectivity index (χ0v) is 17.1. The Morgan fingerprint density at radius 1 is 0.607 bits per heavy atom. The fourth-order valence-corrected chi connectivity index (χ4v) is 3.94. The summed E-state index contributed by atoms with van der Waals surface area (Å²) < 4.78 is 0.906. The highest BCUT2D eigenvalue weighted by Gasteiger charge is 2.16. The minimum atomic E-state index is 0.0578. The maximum absolute atomic E-state index is 12.3. The molecule has 0 aliphatic heterocycles. The van der Waals surface area contributed by atoms with E-state index < -0.39 is 0 Å². The van der Waals surface area contributed by atoms with Crippen LogP contribution in [0.5, 0.6) is 0 Å². The third kappa shape index (κ3) is 3.56. The van der Waals surface area contributed by atoms with Crippen molar-refractivity contribution in [1.82, 2.24) is 0 Å². The number of ketones is 1. The van der Waals surface area contributed by atoms with E-state index in [1.165, 1.54) is 11.1 Å². The monoisotopic (exact) mass is 426 g/mol. The van der Waals surface area contributed by atoms with Gasteiger partial charge in [-0.15, -0.1) is 0 Å². The summed E-state index contributed by atoms with van der Waals surface area (Å²) in [5.41, 5.74) is 7.36. The van der Waals surface area contributed by atoms with Gasteiger partial charge in [0.25, 0.3) is 0 Å². The Morgan fingerprint density at radius 2 is 1.11 bits per heavy atom. The van der Waals surface area contributed by atoms with Gasteiger partial charge in [-0.25, -0.2) is 0 Å². The molecule has 0 aliphatic rings. The third-order valence-electron chi connectivity index (χ3n) is 4.88. The van der Waals surface area contributed by atoms with E-state index in [1.54, 1.807) is 6.92 Å². The number of carbonyl (C=O) groups is 1. The minimum Gasteiger partial charge on any atom is -0.294 e. The molecule has 0 spiro atoms. The highest BCUT2D eigenvalue weighted by molar-refractivity contribution is 9.10. The smallest absolute Gasteiger partial charge is 0.160 e. The first kappa shape index (κ1) is 18.4. The molecule has 0 aromatic heterocycles. The standard InChI is InChI=1S/C26H19BrO/c1-18(28)26-17-20(27)15-16-25(26)24-14-8-7-13-23(24)22-12-6-5-11-21(22)19-9-3-2-4-10-19/h2-17H,1H3. The first-order valence-corrected chi connectivity index (χ1v) is 9.99. The summed E-state index contributed by atoms with van der Waals surface area (Å²) in [7, 11) is 0. The second-order valence-electron chi connectivity index (χ2n) is 6.70. The van der Waals surface area contributed by atoms with E-state index in [-0.39, 0.29) is 5.78 Å². The molecule has 2 heteroatoms. The Labute approximate surface area is 173 Å². The predicted octanol–water partition coefficient (Wildman–Crippen LogP) is 7.65. The molecule has 0 saturated heterocycles. The lowest BCUT2D eigenvalue weighted by Gasteiger charge is -2.16. The summed E-state index contributed by atoms with van der Waals surface area (Å²) in [5, 5.41) is 0. The van der Waals surface area contributed by atoms with Crippen LogP contribution in [0.3, 0.4) is 0 Å². The van der Waals surface area contributed by atoms with Crippen LogP contribution < -0.4 is 0 Å². The first-order chi connectivity index (χ1) is 13.6. The molecule has 136 valence electrons. The molecule has 0 amide bonds. The van der Waals surface area contributed by atoms with Crippen LogP contribution >= 0.6 is 15.9 Å². The molecular weight excluding hydrogens is 408 g/mol. The van der Waals surface area contributed by atoms with Crippen LogP contribution in [0.2, 0.25) is 0 Å². The van der Waals surface area contributed by atoms with E-state index in [0.29, 0.717) is 0 Å². The Balaban J connectivity index is 1.97. The summed E-state index contributed by atoms with van der Waals surface area (Å²) >= 11 is 3.49. The fourth-order valence-electron chi connectivity index (χ4n) is 3.58. The molecule has 0 radical (unpaired) electrons. The van der Waals surface area contributed by atoms with Crippen molar-refractivity contribution >= 4 is 21.7 Å². The molecule has 0 atom stereocenters. The maximum atomic E-state index is 12.3. The van der Waals surface area contributed by atoms with Gasteiger partial charge in [0.05, 0.1) is 0 Å². The van der Waals surface area contributed by atoms with Gasteiger partial charge in [0.1, 0.15) is 0 Å². The van der Waals surface area contributed by atoms with Crippen molar-refractivity contribution in [3.05, 3.63) is 107 Å². The van der Waals surface area contributed by atoms with Crippen molar-refractivity contribution in [1.29, 1.82) is 0 Å². The van der Waals surface area contributed by atoms with E-state index in [0.717, 1.165) is 32.3 Å². The highest BCUT2D eigenvalue weighted by Crippen LogP contribution is 2.39. The molecule has 0 fully saturated rings. The van der Waals surface area contributed by atoms with Crippen molar-refractivity contribution in [2.45, 2.75) is 6.92 Å². The van der Waals surface area contributed by atoms with Crippen LogP contribution in [0.4, 0.5) is 0 Å². The predicted molar refractivity (Wildman–Crippen MR) is 120 cm³/mol. The number of carbonyl (C=O) groups excluding carboxylic acids is 1. The van der Waals surface area contributed by atoms with Gasteiger partial charge < -0.3 is 0 Å². The summed E-state index contributed by atoms with van der Waals surface area (Å²) in [6, 6.07) is 33.0. The summed E-state index contributed by atoms with van der Waals surface area (Å²) in [6.45, 7) is 1.62. The quantitative estimate of drug-likeness (QED) is 0.306. The average molecular weight is 427 g/mol. The second-order valence-corrected chi connectivity index (χ2v) is 7.62. The lowest BCUT2D eigenvalue weighted by molar-refractivity contribution is 0.101. The Morgan fingerprint density at radius 3 is 1.71 bits per heavy atom. The molecule has 0 aliphatic carbocycles. The van der Waals surface area contributed by atoms with Gasteiger partial charge in [-0.05, 0) is 52.4 Å². The molecule has 0 heterocycles. The Hall–Kier alpha value is -2.97. The fraction of sp³-hybridized carbons (Fsp3) is 0.0385. The van der Waals surface area contributed by atoms with Gasteiger partial charge in [-0.2, -0.15) is 0 Å². The zero-order chi connectivity index (χ0) is 19.5. The van der Waals surface area contributed by atoms with Gasteiger partial charge in [0.15, 0.2) is 5.78 Å². The van der Waals surface area contributed by atoms with Crippen LogP contribution in [0.1, 0.15) is 17.3 Å². The van der Waals surface area contributed by atoms with E-state index in [1.807, 2.05) is 36.4 Å². The van der Waals surface area contributed by atoms with Gasteiger partial charge in [-0.1, -0.05) is 101 Å². The van der Waals surface area contributed by atoms with Crippen LogP contribution in [0.15, 0.2) is 102 Å². The number of benzene rings is 4. The molecule has 0 bridgehead atoms. The van der Waals surface area contributed by atoms with E-state index in [9.17, 15) is 4.79 Å². The van der Waals surface area contributed by atoms with E-state index in [4.69, 9.17) is 0 Å². The molecule has 4 aromatic carbocycles. The van der Waals surface area contributed by atoms with Crippen LogP contribution in [0, 0.1) is 0 Å². The molecule has 0 unspecified atom stereocenters. The molecule has 0 saturated carbocycles. The summed E-state index contributed by atoms with van der Waals surface area (Å²) in [6.07, 6.45) is 0.